The van der Waals surface area contributed by atoms with Crippen LogP contribution in [0.3, 0.4) is 0 Å². The van der Waals surface area contributed by atoms with Gasteiger partial charge in [0, 0.05) is 20.0 Å². The number of benzene rings is 1. The summed E-state index contributed by atoms with van der Waals surface area (Å²) in [5, 5.41) is 11.0. The summed E-state index contributed by atoms with van der Waals surface area (Å²) in [4.78, 5) is 17.1. The second kappa shape index (κ2) is 4.86. The molecule has 2 saturated heterocycles. The number of phenolic OH excluding ortho intramolecular Hbond substituents is 1. The third-order valence-electron chi connectivity index (χ3n) is 7.78. The van der Waals surface area contributed by atoms with Crippen LogP contribution in [0, 0.1) is 5.92 Å². The first-order valence-corrected chi connectivity index (χ1v) is 9.86. The molecule has 142 valence electrons. The number of ether oxygens (including phenoxy) is 2. The number of aromatic hydroxyl groups is 1. The first-order chi connectivity index (χ1) is 13.1. The summed E-state index contributed by atoms with van der Waals surface area (Å²) in [5.74, 6) is 0.899. The highest BCUT2D eigenvalue weighted by Crippen LogP contribution is 2.70. The quantitative estimate of drug-likeness (QED) is 0.770. The SMILES string of the molecule is COc1ccc2c(c1O)N(C(C)=O)[C@H]1C[C@H]3CCN4CC[C@@]21[C@]41OCC=C31. The Kier molecular flexibility index (Phi) is 2.87. The molecule has 3 fully saturated rings. The number of fused-ring (bicyclic) bond motifs is 1. The molecule has 4 aliphatic heterocycles. The highest BCUT2D eigenvalue weighted by atomic mass is 16.5. The van der Waals surface area contributed by atoms with E-state index < -0.39 is 5.72 Å². The highest BCUT2D eigenvalue weighted by molar-refractivity contribution is 5.99. The van der Waals surface area contributed by atoms with Crippen molar-refractivity contribution in [1.82, 2.24) is 4.90 Å². The van der Waals surface area contributed by atoms with Crippen LogP contribution < -0.4 is 9.64 Å². The lowest BCUT2D eigenvalue weighted by Gasteiger charge is -2.58. The van der Waals surface area contributed by atoms with E-state index in [9.17, 15) is 9.90 Å². The smallest absolute Gasteiger partial charge is 0.224 e. The molecule has 27 heavy (non-hydrogen) atoms. The van der Waals surface area contributed by atoms with Crippen molar-refractivity contribution in [1.29, 1.82) is 0 Å². The van der Waals surface area contributed by atoms with Gasteiger partial charge in [0.05, 0.1) is 30.9 Å². The third-order valence-corrected chi connectivity index (χ3v) is 7.78. The fourth-order valence-electron chi connectivity index (χ4n) is 7.03. The van der Waals surface area contributed by atoms with Crippen molar-refractivity contribution in [2.75, 3.05) is 31.7 Å². The Balaban J connectivity index is 1.69. The normalized spacial score (nSPS) is 38.3. The van der Waals surface area contributed by atoms with E-state index in [1.165, 1.54) is 5.57 Å². The highest BCUT2D eigenvalue weighted by Gasteiger charge is 2.76. The molecular formula is C21H24N2O4. The predicted molar refractivity (Wildman–Crippen MR) is 99.0 cm³/mol. The Morgan fingerprint density at radius 2 is 2.22 bits per heavy atom. The lowest BCUT2D eigenvalue weighted by molar-refractivity contribution is -0.158. The number of anilines is 1. The Morgan fingerprint density at radius 3 is 3.00 bits per heavy atom. The van der Waals surface area contributed by atoms with E-state index >= 15 is 0 Å². The van der Waals surface area contributed by atoms with Crippen LogP contribution in [0.1, 0.15) is 31.7 Å². The zero-order valence-electron chi connectivity index (χ0n) is 15.7. The van der Waals surface area contributed by atoms with Crippen LogP contribution in [0.2, 0.25) is 0 Å². The number of piperidine rings is 1. The molecule has 6 heteroatoms. The number of carbonyl (C=O) groups is 1. The van der Waals surface area contributed by atoms with Gasteiger partial charge >= 0.3 is 0 Å². The van der Waals surface area contributed by atoms with E-state index in [0.29, 0.717) is 24.0 Å². The van der Waals surface area contributed by atoms with Crippen molar-refractivity contribution >= 4 is 11.6 Å². The number of amides is 1. The molecule has 6 rings (SSSR count). The average molecular weight is 368 g/mol. The first kappa shape index (κ1) is 16.0. The van der Waals surface area contributed by atoms with E-state index in [4.69, 9.17) is 9.47 Å². The van der Waals surface area contributed by atoms with Gasteiger partial charge < -0.3 is 19.5 Å². The summed E-state index contributed by atoms with van der Waals surface area (Å²) >= 11 is 0. The lowest BCUT2D eigenvalue weighted by atomic mass is 9.56. The minimum absolute atomic E-state index is 0.00792. The van der Waals surface area contributed by atoms with E-state index in [1.807, 2.05) is 11.0 Å². The van der Waals surface area contributed by atoms with Gasteiger partial charge in [0.2, 0.25) is 5.91 Å². The fraction of sp³-hybridized carbons (Fsp3) is 0.571. The van der Waals surface area contributed by atoms with Crippen LogP contribution in [-0.2, 0) is 14.9 Å². The first-order valence-electron chi connectivity index (χ1n) is 9.86. The van der Waals surface area contributed by atoms with E-state index in [-0.39, 0.29) is 23.1 Å². The summed E-state index contributed by atoms with van der Waals surface area (Å²) in [6, 6.07) is 3.89. The average Bonchev–Trinajstić information content (AvgIpc) is 3.32. The topological polar surface area (TPSA) is 62.2 Å². The van der Waals surface area contributed by atoms with Crippen LogP contribution in [0.25, 0.3) is 0 Å². The van der Waals surface area contributed by atoms with Crippen LogP contribution in [0.15, 0.2) is 23.8 Å². The minimum Gasteiger partial charge on any atom is -0.503 e. The zero-order valence-corrected chi connectivity index (χ0v) is 15.7. The zero-order chi connectivity index (χ0) is 18.6. The molecule has 4 atom stereocenters. The molecule has 1 aromatic carbocycles. The van der Waals surface area contributed by atoms with Crippen molar-refractivity contribution < 1.29 is 19.4 Å². The van der Waals surface area contributed by atoms with Crippen molar-refractivity contribution in [3.05, 3.63) is 29.3 Å². The Hall–Kier alpha value is -2.05. The van der Waals surface area contributed by atoms with Crippen LogP contribution in [0.5, 0.6) is 11.5 Å². The second-order valence-electron chi connectivity index (χ2n) is 8.46. The summed E-state index contributed by atoms with van der Waals surface area (Å²) in [6.45, 7) is 4.23. The van der Waals surface area contributed by atoms with Crippen LogP contribution in [-0.4, -0.2) is 54.5 Å². The maximum absolute atomic E-state index is 12.8. The maximum Gasteiger partial charge on any atom is 0.224 e. The molecule has 2 bridgehead atoms. The second-order valence-corrected chi connectivity index (χ2v) is 8.46. The van der Waals surface area contributed by atoms with E-state index in [1.54, 1.807) is 14.0 Å². The molecule has 2 spiro atoms. The molecule has 6 nitrogen and oxygen atoms in total. The summed E-state index contributed by atoms with van der Waals surface area (Å²) < 4.78 is 11.9. The van der Waals surface area contributed by atoms with Gasteiger partial charge in [-0.2, -0.15) is 0 Å². The maximum atomic E-state index is 12.8. The lowest BCUT2D eigenvalue weighted by Crippen LogP contribution is -2.69. The monoisotopic (exact) mass is 368 g/mol. The fourth-order valence-corrected chi connectivity index (χ4v) is 7.03. The molecule has 1 amide bonds. The van der Waals surface area contributed by atoms with E-state index in [0.717, 1.165) is 37.9 Å². The molecule has 4 heterocycles. The summed E-state index contributed by atoms with van der Waals surface area (Å²) in [6.07, 6.45) is 5.26. The van der Waals surface area contributed by atoms with Crippen molar-refractivity contribution in [2.45, 2.75) is 43.4 Å². The number of methoxy groups -OCH3 is 1. The number of phenols is 1. The van der Waals surface area contributed by atoms with Gasteiger partial charge in [-0.3, -0.25) is 9.69 Å². The Morgan fingerprint density at radius 1 is 1.37 bits per heavy atom. The van der Waals surface area contributed by atoms with Crippen molar-refractivity contribution in [3.8, 4) is 11.5 Å². The molecule has 0 radical (unpaired) electrons. The molecule has 1 aromatic rings. The number of hydrogen-bond acceptors (Lipinski definition) is 5. The van der Waals surface area contributed by atoms with Gasteiger partial charge in [-0.25, -0.2) is 0 Å². The number of nitrogens with zero attached hydrogens (tertiary/aromatic N) is 2. The van der Waals surface area contributed by atoms with Gasteiger partial charge in [0.15, 0.2) is 17.2 Å². The van der Waals surface area contributed by atoms with Gasteiger partial charge in [-0.15, -0.1) is 0 Å². The van der Waals surface area contributed by atoms with Crippen LogP contribution >= 0.6 is 0 Å². The Labute approximate surface area is 158 Å². The molecular weight excluding hydrogens is 344 g/mol. The molecule has 0 unspecified atom stereocenters. The summed E-state index contributed by atoms with van der Waals surface area (Å²) in [7, 11) is 1.55. The Bertz CT molecular complexity index is 912. The molecule has 0 aromatic heterocycles. The van der Waals surface area contributed by atoms with Crippen molar-refractivity contribution in [2.24, 2.45) is 5.92 Å². The standard InChI is InChI=1S/C21H24N2O4/c1-12(24)23-17-11-13-5-8-22-9-7-20(17,21(22)14(13)6-10-27-21)15-3-4-16(26-2)19(25)18(15)23/h3-4,6,13,17,25H,5,7-11H2,1-2H3/t13-,17+,20-,21+/m1/s1. The van der Waals surface area contributed by atoms with E-state index in [2.05, 4.69) is 17.0 Å². The molecule has 1 saturated carbocycles. The minimum atomic E-state index is -0.460. The number of carbonyl (C=O) groups excluding carboxylic acids is 1. The van der Waals surface area contributed by atoms with Crippen molar-refractivity contribution in [3.63, 3.8) is 0 Å². The van der Waals surface area contributed by atoms with Gasteiger partial charge in [-0.05, 0) is 42.4 Å². The number of rotatable bonds is 1. The van der Waals surface area contributed by atoms with Gasteiger partial charge in [0.1, 0.15) is 0 Å². The third kappa shape index (κ3) is 1.49. The van der Waals surface area contributed by atoms with Gasteiger partial charge in [0.25, 0.3) is 0 Å². The molecule has 1 aliphatic carbocycles. The molecule has 1 N–H and O–H groups in total. The number of hydrogen-bond donors (Lipinski definition) is 1. The predicted octanol–water partition coefficient (Wildman–Crippen LogP) is 2.16. The van der Waals surface area contributed by atoms with Crippen LogP contribution in [0.4, 0.5) is 5.69 Å². The molecule has 5 aliphatic rings. The summed E-state index contributed by atoms with van der Waals surface area (Å²) in [5.41, 5.74) is 2.30. The van der Waals surface area contributed by atoms with Gasteiger partial charge in [-0.1, -0.05) is 12.1 Å². The largest absolute Gasteiger partial charge is 0.503 e.